The number of nitrogens with zero attached hydrogens (tertiary/aromatic N) is 4. The fourth-order valence-electron chi connectivity index (χ4n) is 5.33. The number of hydrogen-bond donors (Lipinski definition) is 2. The van der Waals surface area contributed by atoms with E-state index < -0.39 is 46.1 Å². The van der Waals surface area contributed by atoms with Gasteiger partial charge in [-0.1, -0.05) is 6.08 Å². The lowest BCUT2D eigenvalue weighted by Crippen LogP contribution is -2.51. The Kier molecular flexibility index (Phi) is 9.12. The molecule has 1 amide bonds. The van der Waals surface area contributed by atoms with Crippen LogP contribution in [0.5, 0.6) is 0 Å². The SMILES string of the molecule is CC(C)N1C(=O)C(=C2C=C(F)C(NS(=O)(=O)CCC(F)(F)F)=CC2)C=C2C=NC(NC3CCC(N(C)C)CC3)=NC21. The smallest absolute Gasteiger partial charge is 0.352 e. The highest BCUT2D eigenvalue weighted by Gasteiger charge is 2.38. The molecule has 2 aliphatic heterocycles. The Balaban J connectivity index is 1.51. The summed E-state index contributed by atoms with van der Waals surface area (Å²) in [5, 5.41) is 3.42. The van der Waals surface area contributed by atoms with Gasteiger partial charge in [0.1, 0.15) is 5.83 Å². The van der Waals surface area contributed by atoms with Gasteiger partial charge in [-0.05, 0) is 77.8 Å². The van der Waals surface area contributed by atoms with Crippen LogP contribution in [0.1, 0.15) is 52.4 Å². The quantitative estimate of drug-likeness (QED) is 0.343. The van der Waals surface area contributed by atoms with Gasteiger partial charge < -0.3 is 15.1 Å². The number of nitrogens with one attached hydrogen (secondary N) is 2. The van der Waals surface area contributed by atoms with Crippen LogP contribution < -0.4 is 10.0 Å². The summed E-state index contributed by atoms with van der Waals surface area (Å²) >= 11 is 0. The zero-order valence-corrected chi connectivity index (χ0v) is 24.3. The summed E-state index contributed by atoms with van der Waals surface area (Å²) in [6.45, 7) is 3.70. The van der Waals surface area contributed by atoms with E-state index in [0.29, 0.717) is 23.1 Å². The number of fused-ring (bicyclic) bond motifs is 1. The van der Waals surface area contributed by atoms with Crippen molar-refractivity contribution in [2.24, 2.45) is 9.98 Å². The Hall–Kier alpha value is -3.00. The van der Waals surface area contributed by atoms with Crippen LogP contribution in [-0.2, 0) is 14.8 Å². The summed E-state index contributed by atoms with van der Waals surface area (Å²) < 4.78 is 78.2. The molecule has 41 heavy (non-hydrogen) atoms. The van der Waals surface area contributed by atoms with E-state index in [9.17, 15) is 30.8 Å². The number of amides is 1. The molecule has 0 radical (unpaired) electrons. The number of sulfonamides is 1. The summed E-state index contributed by atoms with van der Waals surface area (Å²) in [5.41, 5.74) is 0.723. The lowest BCUT2D eigenvalue weighted by atomic mass is 9.90. The summed E-state index contributed by atoms with van der Waals surface area (Å²) in [5.74, 6) is -2.12. The van der Waals surface area contributed by atoms with Crippen molar-refractivity contribution >= 4 is 28.1 Å². The molecule has 2 heterocycles. The van der Waals surface area contributed by atoms with Crippen LogP contribution in [0, 0.1) is 0 Å². The van der Waals surface area contributed by atoms with Gasteiger partial charge >= 0.3 is 6.18 Å². The number of guanidine groups is 1. The molecule has 2 aliphatic carbocycles. The molecule has 1 atom stereocenters. The monoisotopic (exact) mass is 600 g/mol. The zero-order chi connectivity index (χ0) is 30.1. The molecule has 1 saturated carbocycles. The van der Waals surface area contributed by atoms with Crippen molar-refractivity contribution in [2.75, 3.05) is 19.8 Å². The van der Waals surface area contributed by atoms with Crippen LogP contribution in [0.15, 0.2) is 56.5 Å². The van der Waals surface area contributed by atoms with E-state index in [1.54, 1.807) is 17.2 Å². The van der Waals surface area contributed by atoms with E-state index in [4.69, 9.17) is 4.99 Å². The highest BCUT2D eigenvalue weighted by atomic mass is 32.2. The van der Waals surface area contributed by atoms with Gasteiger partial charge in [-0.2, -0.15) is 13.2 Å². The highest BCUT2D eigenvalue weighted by Crippen LogP contribution is 2.33. The lowest BCUT2D eigenvalue weighted by molar-refractivity contribution is -0.131. The Labute approximate surface area is 237 Å². The zero-order valence-electron chi connectivity index (χ0n) is 23.5. The van der Waals surface area contributed by atoms with Crippen molar-refractivity contribution in [3.63, 3.8) is 0 Å². The van der Waals surface area contributed by atoms with Gasteiger partial charge in [0.25, 0.3) is 5.91 Å². The second kappa shape index (κ2) is 12.1. The topological polar surface area (TPSA) is 106 Å². The summed E-state index contributed by atoms with van der Waals surface area (Å²) in [6, 6.07) is 0.541. The second-order valence-electron chi connectivity index (χ2n) is 11.2. The molecule has 226 valence electrons. The summed E-state index contributed by atoms with van der Waals surface area (Å²) in [7, 11) is -0.249. The van der Waals surface area contributed by atoms with Crippen LogP contribution in [0.25, 0.3) is 0 Å². The average Bonchev–Trinajstić information content (AvgIpc) is 2.88. The van der Waals surface area contributed by atoms with Crippen molar-refractivity contribution in [2.45, 2.75) is 82.8 Å². The van der Waals surface area contributed by atoms with Crippen molar-refractivity contribution in [1.29, 1.82) is 0 Å². The fourth-order valence-corrected chi connectivity index (χ4v) is 6.44. The highest BCUT2D eigenvalue weighted by molar-refractivity contribution is 7.89. The molecular weight excluding hydrogens is 564 g/mol. The molecule has 1 unspecified atom stereocenters. The number of alkyl halides is 3. The largest absolute Gasteiger partial charge is 0.390 e. The minimum absolute atomic E-state index is 0.00512. The number of halogens is 4. The summed E-state index contributed by atoms with van der Waals surface area (Å²) in [4.78, 5) is 26.7. The van der Waals surface area contributed by atoms with Gasteiger partial charge in [-0.3, -0.25) is 9.52 Å². The Morgan fingerprint density at radius 3 is 2.41 bits per heavy atom. The Morgan fingerprint density at radius 1 is 1.15 bits per heavy atom. The number of carbonyl (C=O) groups excluding carboxylic acids is 1. The maximum Gasteiger partial charge on any atom is 0.390 e. The number of aliphatic imine (C=N–C) groups is 2. The normalized spacial score (nSPS) is 27.3. The maximum atomic E-state index is 14.9. The number of rotatable bonds is 7. The third-order valence-corrected chi connectivity index (χ3v) is 8.86. The van der Waals surface area contributed by atoms with Gasteiger partial charge in [-0.15, -0.1) is 0 Å². The van der Waals surface area contributed by atoms with E-state index in [-0.39, 0.29) is 30.0 Å². The van der Waals surface area contributed by atoms with Gasteiger partial charge in [0.15, 0.2) is 6.17 Å². The van der Waals surface area contributed by atoms with E-state index >= 15 is 0 Å². The van der Waals surface area contributed by atoms with Crippen LogP contribution in [0.4, 0.5) is 17.6 Å². The molecule has 14 heteroatoms. The third-order valence-electron chi connectivity index (χ3n) is 7.58. The molecule has 4 rings (SSSR count). The van der Waals surface area contributed by atoms with Crippen LogP contribution in [-0.4, -0.2) is 86.6 Å². The number of carbonyl (C=O) groups is 1. The molecule has 1 fully saturated rings. The first kappa shape index (κ1) is 30.9. The molecule has 2 N–H and O–H groups in total. The van der Waals surface area contributed by atoms with Crippen LogP contribution in [0.3, 0.4) is 0 Å². The van der Waals surface area contributed by atoms with E-state index in [1.807, 2.05) is 18.6 Å². The first-order valence-corrected chi connectivity index (χ1v) is 15.3. The molecule has 9 nitrogen and oxygen atoms in total. The molecule has 0 aromatic carbocycles. The minimum Gasteiger partial charge on any atom is -0.352 e. The Bertz CT molecular complexity index is 1340. The number of allylic oxidation sites excluding steroid dienone is 4. The van der Waals surface area contributed by atoms with Crippen molar-refractivity contribution in [3.05, 3.63) is 46.5 Å². The van der Waals surface area contributed by atoms with Crippen molar-refractivity contribution in [3.8, 4) is 0 Å². The molecule has 0 aromatic rings. The second-order valence-corrected chi connectivity index (χ2v) is 13.0. The molecule has 4 aliphatic rings. The molecular formula is C27H36F4N6O3S. The van der Waals surface area contributed by atoms with Crippen molar-refractivity contribution < 1.29 is 30.8 Å². The number of hydrogen-bond acceptors (Lipinski definition) is 7. The predicted octanol–water partition coefficient (Wildman–Crippen LogP) is 3.70. The van der Waals surface area contributed by atoms with Gasteiger partial charge in [0, 0.05) is 35.5 Å². The van der Waals surface area contributed by atoms with Crippen molar-refractivity contribution in [1.82, 2.24) is 19.8 Å². The molecule has 0 spiro atoms. The summed E-state index contributed by atoms with van der Waals surface area (Å²) in [6.07, 6.45) is 2.79. The average molecular weight is 601 g/mol. The Morgan fingerprint density at radius 2 is 1.83 bits per heavy atom. The predicted molar refractivity (Wildman–Crippen MR) is 149 cm³/mol. The molecule has 0 aromatic heterocycles. The minimum atomic E-state index is -4.66. The first-order chi connectivity index (χ1) is 19.1. The van der Waals surface area contributed by atoms with E-state index in [0.717, 1.165) is 31.8 Å². The van der Waals surface area contributed by atoms with Crippen LogP contribution >= 0.6 is 0 Å². The fraction of sp³-hybridized carbons (Fsp3) is 0.593. The van der Waals surface area contributed by atoms with Crippen LogP contribution in [0.2, 0.25) is 0 Å². The first-order valence-electron chi connectivity index (χ1n) is 13.6. The van der Waals surface area contributed by atoms with Gasteiger partial charge in [0.2, 0.25) is 16.0 Å². The maximum absolute atomic E-state index is 14.9. The third kappa shape index (κ3) is 7.64. The van der Waals surface area contributed by atoms with E-state index in [1.165, 1.54) is 6.08 Å². The standard InChI is InChI=1S/C27H36F4N6O3S/c1-16(2)37-24-18(15-32-26(34-24)33-19-6-8-20(9-7-19)36(3)4)13-21(25(37)38)17-5-10-23(22(28)14-17)35-41(39,40)12-11-27(29,30)31/h10,13-16,19-20,24,35H,5-9,11-12H2,1-4H3,(H,33,34). The van der Waals surface area contributed by atoms with Gasteiger partial charge in [0.05, 0.1) is 17.9 Å². The lowest BCUT2D eigenvalue weighted by Gasteiger charge is -2.39. The van der Waals surface area contributed by atoms with E-state index in [2.05, 4.69) is 29.3 Å². The van der Waals surface area contributed by atoms with Gasteiger partial charge in [-0.25, -0.2) is 22.8 Å². The molecule has 0 bridgehead atoms. The molecule has 0 saturated heterocycles.